The molecule has 3 heteroatoms. The molecule has 16 heavy (non-hydrogen) atoms. The second kappa shape index (κ2) is 4.56. The molecule has 2 aromatic carbocycles. The van der Waals surface area contributed by atoms with E-state index < -0.39 is 0 Å². The summed E-state index contributed by atoms with van der Waals surface area (Å²) in [5, 5.41) is 18.9. The molecule has 2 N–H and O–H groups in total. The minimum Gasteiger partial charge on any atom is -0.506 e. The lowest BCUT2D eigenvalue weighted by molar-refractivity contribution is 0.282. The molecule has 0 spiro atoms. The first-order chi connectivity index (χ1) is 7.72. The number of rotatable bonds is 2. The molecule has 0 saturated carbocycles. The summed E-state index contributed by atoms with van der Waals surface area (Å²) >= 11 is 5.85. The van der Waals surface area contributed by atoms with E-state index in [2.05, 4.69) is 0 Å². The van der Waals surface area contributed by atoms with Crippen molar-refractivity contribution in [3.05, 3.63) is 53.1 Å². The van der Waals surface area contributed by atoms with E-state index in [0.717, 1.165) is 16.7 Å². The zero-order valence-electron chi connectivity index (χ0n) is 8.52. The van der Waals surface area contributed by atoms with Gasteiger partial charge in [-0.1, -0.05) is 41.9 Å². The molecule has 2 rings (SSSR count). The van der Waals surface area contributed by atoms with Crippen molar-refractivity contribution in [3.63, 3.8) is 0 Å². The predicted molar refractivity (Wildman–Crippen MR) is 64.5 cm³/mol. The van der Waals surface area contributed by atoms with Crippen LogP contribution in [0.5, 0.6) is 5.75 Å². The minimum atomic E-state index is -0.0192. The highest BCUT2D eigenvalue weighted by Crippen LogP contribution is 2.31. The summed E-state index contributed by atoms with van der Waals surface area (Å²) in [5.74, 6) is 0.0619. The smallest absolute Gasteiger partial charge is 0.134 e. The molecule has 0 aliphatic rings. The summed E-state index contributed by atoms with van der Waals surface area (Å²) in [7, 11) is 0. The molecule has 0 bridgehead atoms. The number of phenols is 1. The zero-order valence-corrected chi connectivity index (χ0v) is 9.28. The molecule has 82 valence electrons. The van der Waals surface area contributed by atoms with Gasteiger partial charge < -0.3 is 10.2 Å². The quantitative estimate of drug-likeness (QED) is 0.838. The van der Waals surface area contributed by atoms with Gasteiger partial charge in [0.1, 0.15) is 5.75 Å². The highest BCUT2D eigenvalue weighted by molar-refractivity contribution is 6.32. The molecule has 0 amide bonds. The molecule has 0 fully saturated rings. The molecular formula is C13H11ClO2. The summed E-state index contributed by atoms with van der Waals surface area (Å²) < 4.78 is 0. The third-order valence-corrected chi connectivity index (χ3v) is 2.75. The fourth-order valence-electron chi connectivity index (χ4n) is 1.61. The van der Waals surface area contributed by atoms with Gasteiger partial charge in [0.2, 0.25) is 0 Å². The second-order valence-corrected chi connectivity index (χ2v) is 3.89. The van der Waals surface area contributed by atoms with Crippen LogP contribution in [0, 0.1) is 0 Å². The van der Waals surface area contributed by atoms with Gasteiger partial charge >= 0.3 is 0 Å². The van der Waals surface area contributed by atoms with Crippen molar-refractivity contribution in [1.82, 2.24) is 0 Å². The Hall–Kier alpha value is -1.51. The van der Waals surface area contributed by atoms with Crippen LogP contribution in [0.25, 0.3) is 11.1 Å². The van der Waals surface area contributed by atoms with E-state index in [-0.39, 0.29) is 12.4 Å². The van der Waals surface area contributed by atoms with E-state index in [9.17, 15) is 10.2 Å². The van der Waals surface area contributed by atoms with Crippen LogP contribution < -0.4 is 0 Å². The number of aliphatic hydroxyl groups is 1. The lowest BCUT2D eigenvalue weighted by Gasteiger charge is -2.08. The van der Waals surface area contributed by atoms with Crippen LogP contribution in [0.3, 0.4) is 0 Å². The first-order valence-electron chi connectivity index (χ1n) is 4.90. The normalized spacial score (nSPS) is 10.4. The van der Waals surface area contributed by atoms with Gasteiger partial charge in [-0.05, 0) is 28.8 Å². The summed E-state index contributed by atoms with van der Waals surface area (Å²) in [6, 6.07) is 12.5. The van der Waals surface area contributed by atoms with Crippen LogP contribution in [0.15, 0.2) is 42.5 Å². The lowest BCUT2D eigenvalue weighted by Crippen LogP contribution is -1.88. The fraction of sp³-hybridized carbons (Fsp3) is 0.0769. The highest BCUT2D eigenvalue weighted by atomic mass is 35.5. The Labute approximate surface area is 98.7 Å². The minimum absolute atomic E-state index is 0.0192. The zero-order chi connectivity index (χ0) is 11.5. The van der Waals surface area contributed by atoms with Crippen LogP contribution in [-0.4, -0.2) is 10.2 Å². The van der Waals surface area contributed by atoms with Gasteiger partial charge in [0.05, 0.1) is 11.6 Å². The van der Waals surface area contributed by atoms with Gasteiger partial charge in [-0.15, -0.1) is 0 Å². The van der Waals surface area contributed by atoms with E-state index in [1.54, 1.807) is 18.2 Å². The molecule has 0 atom stereocenters. The van der Waals surface area contributed by atoms with E-state index in [4.69, 9.17) is 11.6 Å². The van der Waals surface area contributed by atoms with Crippen LogP contribution in [0.1, 0.15) is 5.56 Å². The molecule has 0 saturated heterocycles. The Morgan fingerprint density at radius 2 is 1.81 bits per heavy atom. The van der Waals surface area contributed by atoms with Gasteiger partial charge in [0.25, 0.3) is 0 Å². The third-order valence-electron chi connectivity index (χ3n) is 2.45. The molecular weight excluding hydrogens is 224 g/mol. The third kappa shape index (κ3) is 2.03. The van der Waals surface area contributed by atoms with Crippen molar-refractivity contribution in [2.75, 3.05) is 0 Å². The van der Waals surface area contributed by atoms with Gasteiger partial charge in [-0.2, -0.15) is 0 Å². The van der Waals surface area contributed by atoms with Crippen molar-refractivity contribution < 1.29 is 10.2 Å². The Bertz CT molecular complexity index is 509. The molecule has 0 aliphatic heterocycles. The molecule has 0 aromatic heterocycles. The predicted octanol–water partition coefficient (Wildman–Crippen LogP) is 3.20. The van der Waals surface area contributed by atoms with Crippen LogP contribution in [-0.2, 0) is 6.61 Å². The van der Waals surface area contributed by atoms with Gasteiger partial charge in [0, 0.05) is 0 Å². The Kier molecular flexibility index (Phi) is 3.13. The van der Waals surface area contributed by atoms with Crippen molar-refractivity contribution >= 4 is 11.6 Å². The molecule has 0 aliphatic carbocycles. The molecule has 2 aromatic rings. The first kappa shape index (κ1) is 11.0. The van der Waals surface area contributed by atoms with Gasteiger partial charge in [-0.25, -0.2) is 0 Å². The summed E-state index contributed by atoms with van der Waals surface area (Å²) in [4.78, 5) is 0. The molecule has 0 radical (unpaired) electrons. The number of halogens is 1. The van der Waals surface area contributed by atoms with Gasteiger partial charge in [-0.3, -0.25) is 0 Å². The monoisotopic (exact) mass is 234 g/mol. The number of aliphatic hydroxyl groups excluding tert-OH is 1. The van der Waals surface area contributed by atoms with Crippen LogP contribution in [0.2, 0.25) is 5.02 Å². The maximum atomic E-state index is 9.34. The van der Waals surface area contributed by atoms with Crippen molar-refractivity contribution in [1.29, 1.82) is 0 Å². The maximum absolute atomic E-state index is 9.34. The standard InChI is InChI=1S/C13H11ClO2/c14-12-7-9(5-6-13(12)16)11-4-2-1-3-10(11)8-15/h1-7,15-16H,8H2. The largest absolute Gasteiger partial charge is 0.506 e. The number of aromatic hydroxyl groups is 1. The Morgan fingerprint density at radius 1 is 1.06 bits per heavy atom. The Morgan fingerprint density at radius 3 is 2.50 bits per heavy atom. The highest BCUT2D eigenvalue weighted by Gasteiger charge is 2.05. The average molecular weight is 235 g/mol. The second-order valence-electron chi connectivity index (χ2n) is 3.48. The fourth-order valence-corrected chi connectivity index (χ4v) is 1.79. The van der Waals surface area contributed by atoms with E-state index in [0.29, 0.717) is 5.02 Å². The summed E-state index contributed by atoms with van der Waals surface area (Å²) in [6.45, 7) is -0.0192. The molecule has 0 heterocycles. The van der Waals surface area contributed by atoms with Crippen molar-refractivity contribution in [2.45, 2.75) is 6.61 Å². The lowest BCUT2D eigenvalue weighted by atomic mass is 10.0. The maximum Gasteiger partial charge on any atom is 0.134 e. The van der Waals surface area contributed by atoms with E-state index >= 15 is 0 Å². The van der Waals surface area contributed by atoms with Gasteiger partial charge in [0.15, 0.2) is 0 Å². The average Bonchev–Trinajstić information content (AvgIpc) is 2.32. The van der Waals surface area contributed by atoms with Crippen LogP contribution in [0.4, 0.5) is 0 Å². The summed E-state index contributed by atoms with van der Waals surface area (Å²) in [5.41, 5.74) is 2.64. The van der Waals surface area contributed by atoms with Crippen LogP contribution >= 0.6 is 11.6 Å². The number of phenolic OH excluding ortho intramolecular Hbond substituents is 1. The Balaban J connectivity index is 2.54. The SMILES string of the molecule is OCc1ccccc1-c1ccc(O)c(Cl)c1. The molecule has 2 nitrogen and oxygen atoms in total. The van der Waals surface area contributed by atoms with E-state index in [1.165, 1.54) is 0 Å². The summed E-state index contributed by atoms with van der Waals surface area (Å²) in [6.07, 6.45) is 0. The van der Waals surface area contributed by atoms with E-state index in [1.807, 2.05) is 24.3 Å². The topological polar surface area (TPSA) is 40.5 Å². The van der Waals surface area contributed by atoms with Crippen molar-refractivity contribution in [2.24, 2.45) is 0 Å². The number of hydrogen-bond acceptors (Lipinski definition) is 2. The van der Waals surface area contributed by atoms with Crippen molar-refractivity contribution in [3.8, 4) is 16.9 Å². The number of benzene rings is 2. The first-order valence-corrected chi connectivity index (χ1v) is 5.28. The molecule has 0 unspecified atom stereocenters. The number of hydrogen-bond donors (Lipinski definition) is 2.